The van der Waals surface area contributed by atoms with Crippen LogP contribution >= 0.6 is 11.3 Å². The molecule has 0 saturated carbocycles. The van der Waals surface area contributed by atoms with Crippen LogP contribution < -0.4 is 5.32 Å². The van der Waals surface area contributed by atoms with Crippen molar-refractivity contribution in [2.24, 2.45) is 9.98 Å². The summed E-state index contributed by atoms with van der Waals surface area (Å²) in [4.78, 5) is 10.7. The Morgan fingerprint density at radius 2 is 1.20 bits per heavy atom. The van der Waals surface area contributed by atoms with E-state index in [1.165, 1.54) is 30.9 Å². The van der Waals surface area contributed by atoms with Crippen LogP contribution in [0.25, 0.3) is 103 Å². The fourth-order valence-electron chi connectivity index (χ4n) is 9.98. The van der Waals surface area contributed by atoms with Gasteiger partial charge < -0.3 is 18.7 Å². The van der Waals surface area contributed by atoms with Gasteiger partial charge in [-0.05, 0) is 65.7 Å². The van der Waals surface area contributed by atoms with Gasteiger partial charge in [-0.15, -0.1) is 11.3 Å². The fourth-order valence-corrected chi connectivity index (χ4v) is 11.2. The van der Waals surface area contributed by atoms with Crippen LogP contribution in [0.15, 0.2) is 213 Å². The lowest BCUT2D eigenvalue weighted by molar-refractivity contribution is 0.666. The summed E-state index contributed by atoms with van der Waals surface area (Å²) in [5, 5.41) is 12.8. The quantitative estimate of drug-likeness (QED) is 0.188. The molecule has 1 atom stereocenters. The van der Waals surface area contributed by atoms with Crippen molar-refractivity contribution >= 4 is 109 Å². The molecule has 0 spiro atoms. The average Bonchev–Trinajstić information content (AvgIpc) is 4.13. The Morgan fingerprint density at radius 1 is 0.484 bits per heavy atom. The molecule has 7 heteroatoms. The third-order valence-electron chi connectivity index (χ3n) is 12.9. The van der Waals surface area contributed by atoms with Crippen LogP contribution in [0.5, 0.6) is 0 Å². The number of aliphatic imine (C=N–C) groups is 2. The Balaban J connectivity index is 1.06. The number of benzene rings is 9. The van der Waals surface area contributed by atoms with Crippen LogP contribution in [0.2, 0.25) is 0 Å². The van der Waals surface area contributed by atoms with Gasteiger partial charge in [0.1, 0.15) is 28.8 Å². The maximum atomic E-state index is 7.38. The average molecular weight is 839 g/mol. The van der Waals surface area contributed by atoms with E-state index < -0.39 is 0 Å². The predicted molar refractivity (Wildman–Crippen MR) is 265 cm³/mol. The lowest BCUT2D eigenvalue weighted by atomic mass is 9.96. The highest BCUT2D eigenvalue weighted by Crippen LogP contribution is 2.46. The molecule has 64 heavy (non-hydrogen) atoms. The van der Waals surface area contributed by atoms with Crippen molar-refractivity contribution in [3.63, 3.8) is 0 Å². The number of nitrogens with one attached hydrogen (secondary N) is 1. The van der Waals surface area contributed by atoms with Gasteiger partial charge in [0.2, 0.25) is 0 Å². The highest BCUT2D eigenvalue weighted by Gasteiger charge is 2.27. The number of fused-ring (bicyclic) bond motifs is 13. The largest absolute Gasteiger partial charge is 0.456 e. The van der Waals surface area contributed by atoms with Crippen LogP contribution in [0.1, 0.15) is 22.9 Å². The predicted octanol–water partition coefficient (Wildman–Crippen LogP) is 15.1. The molecule has 14 rings (SSSR count). The zero-order valence-corrected chi connectivity index (χ0v) is 34.9. The number of thiophene rings is 1. The Labute approximate surface area is 369 Å². The second-order valence-electron chi connectivity index (χ2n) is 16.5. The van der Waals surface area contributed by atoms with Gasteiger partial charge in [0.05, 0.1) is 16.7 Å². The van der Waals surface area contributed by atoms with Crippen LogP contribution in [0.3, 0.4) is 0 Å². The van der Waals surface area contributed by atoms with Crippen LogP contribution in [-0.2, 0) is 0 Å². The molecule has 0 aliphatic carbocycles. The van der Waals surface area contributed by atoms with Crippen molar-refractivity contribution in [1.82, 2.24) is 9.88 Å². The molecule has 0 amide bonds. The summed E-state index contributed by atoms with van der Waals surface area (Å²) in [6, 6.07) is 68.2. The van der Waals surface area contributed by atoms with E-state index in [1.54, 1.807) is 0 Å². The minimum Gasteiger partial charge on any atom is -0.456 e. The zero-order valence-electron chi connectivity index (χ0n) is 34.1. The number of para-hydroxylation sites is 3. The first-order valence-electron chi connectivity index (χ1n) is 21.5. The molecule has 1 unspecified atom stereocenters. The normalized spacial score (nSPS) is 14.4. The molecule has 6 nitrogen and oxygen atoms in total. The number of hydrogen-bond acceptors (Lipinski definition) is 6. The Kier molecular flexibility index (Phi) is 7.52. The molecule has 4 aromatic heterocycles. The van der Waals surface area contributed by atoms with Gasteiger partial charge in [0.25, 0.3) is 0 Å². The number of nitrogens with zero attached hydrogens (tertiary/aromatic N) is 3. The van der Waals surface area contributed by atoms with Crippen molar-refractivity contribution in [2.75, 3.05) is 0 Å². The minimum atomic E-state index is -0.355. The molecule has 5 heterocycles. The monoisotopic (exact) mass is 838 g/mol. The molecule has 1 N–H and O–H groups in total. The molecular weight excluding hydrogens is 805 g/mol. The molecule has 9 aromatic carbocycles. The molecule has 0 radical (unpaired) electrons. The van der Waals surface area contributed by atoms with E-state index in [-0.39, 0.29) is 6.17 Å². The van der Waals surface area contributed by atoms with Crippen molar-refractivity contribution in [1.29, 1.82) is 0 Å². The molecule has 300 valence electrons. The van der Waals surface area contributed by atoms with E-state index in [4.69, 9.17) is 18.8 Å². The zero-order chi connectivity index (χ0) is 41.9. The van der Waals surface area contributed by atoms with Gasteiger partial charge in [-0.2, -0.15) is 0 Å². The van der Waals surface area contributed by atoms with Crippen molar-refractivity contribution in [3.05, 3.63) is 211 Å². The molecule has 1 aliphatic rings. The number of aromatic nitrogens is 1. The summed E-state index contributed by atoms with van der Waals surface area (Å²) in [7, 11) is 0. The highest BCUT2D eigenvalue weighted by molar-refractivity contribution is 7.26. The second-order valence-corrected chi connectivity index (χ2v) is 17.5. The molecule has 0 fully saturated rings. The first-order valence-corrected chi connectivity index (χ1v) is 22.3. The smallest absolute Gasteiger partial charge is 0.160 e. The molecule has 13 aromatic rings. The topological polar surface area (TPSA) is 68.0 Å². The van der Waals surface area contributed by atoms with E-state index in [2.05, 4.69) is 168 Å². The second kappa shape index (κ2) is 13.6. The van der Waals surface area contributed by atoms with Gasteiger partial charge in [0, 0.05) is 69.2 Å². The summed E-state index contributed by atoms with van der Waals surface area (Å²) >= 11 is 1.86. The van der Waals surface area contributed by atoms with E-state index in [1.807, 2.05) is 47.7 Å². The third-order valence-corrected chi connectivity index (χ3v) is 14.1. The maximum absolute atomic E-state index is 7.38. The van der Waals surface area contributed by atoms with Gasteiger partial charge >= 0.3 is 0 Å². The molecule has 1 aliphatic heterocycles. The maximum Gasteiger partial charge on any atom is 0.160 e. The fraction of sp³-hybridized carbons (Fsp3) is 0.0175. The Bertz CT molecular complexity index is 4120. The third kappa shape index (κ3) is 5.19. The number of furan rings is 2. The van der Waals surface area contributed by atoms with Crippen LogP contribution in [-0.4, -0.2) is 16.2 Å². The highest BCUT2D eigenvalue weighted by atomic mass is 32.1. The van der Waals surface area contributed by atoms with E-state index in [0.29, 0.717) is 5.84 Å². The minimum absolute atomic E-state index is 0.355. The molecular formula is C57H34N4O2S. The number of amidine groups is 2. The molecule has 0 bridgehead atoms. The SMILES string of the molecule is c1ccc(C2=NC(c3ccc(-c4ccc5c(c4)oc4ccccc45)c4oc5c(-n6c7ccccc7c7c8sc9ccccc9c8ccc76)cccc5c34)=NC(c3ccccc3)N2)cc1. The molecule has 0 saturated heterocycles. The van der Waals surface area contributed by atoms with Crippen molar-refractivity contribution in [2.45, 2.75) is 6.17 Å². The van der Waals surface area contributed by atoms with Gasteiger partial charge in [-0.1, -0.05) is 140 Å². The van der Waals surface area contributed by atoms with Gasteiger partial charge in [-0.3, -0.25) is 0 Å². The number of rotatable bonds is 5. The van der Waals surface area contributed by atoms with E-state index >= 15 is 0 Å². The summed E-state index contributed by atoms with van der Waals surface area (Å²) in [5.74, 6) is 1.39. The lowest BCUT2D eigenvalue weighted by Crippen LogP contribution is -2.33. The van der Waals surface area contributed by atoms with E-state index in [0.717, 1.165) is 94.3 Å². The Morgan fingerprint density at radius 3 is 2.09 bits per heavy atom. The first-order chi connectivity index (χ1) is 31.7. The first kappa shape index (κ1) is 35.3. The van der Waals surface area contributed by atoms with Gasteiger partial charge in [-0.25, -0.2) is 9.98 Å². The summed E-state index contributed by atoms with van der Waals surface area (Å²) in [5.41, 5.74) is 11.4. The number of hydrogen-bond donors (Lipinski definition) is 1. The van der Waals surface area contributed by atoms with Gasteiger partial charge in [0.15, 0.2) is 11.4 Å². The summed E-state index contributed by atoms with van der Waals surface area (Å²) in [6.07, 6.45) is -0.355. The van der Waals surface area contributed by atoms with Crippen LogP contribution in [0, 0.1) is 0 Å². The summed E-state index contributed by atoms with van der Waals surface area (Å²) < 4.78 is 18.8. The summed E-state index contributed by atoms with van der Waals surface area (Å²) in [6.45, 7) is 0. The van der Waals surface area contributed by atoms with Crippen LogP contribution in [0.4, 0.5) is 0 Å². The Hall–Kier alpha value is -8.26. The standard InChI is InChI=1S/C57H34N4O2S/c1-3-14-33(15-4-1)55-58-56(34-16-5-2-6-17-34)60-57(59-55)43-29-28-36(35-26-27-38-37-18-8-11-24-47(37)62-48(38)32-35)53-50(43)42-21-13-23-46(52(42)63-53)61-44-22-10-7-20-41(44)51-45(61)31-30-40-39-19-9-12-25-49(39)64-54(40)51/h1-32,55H,(H,58,59,60). The van der Waals surface area contributed by atoms with Crippen molar-refractivity contribution in [3.8, 4) is 16.8 Å². The lowest BCUT2D eigenvalue weighted by Gasteiger charge is -2.24. The van der Waals surface area contributed by atoms with Crippen molar-refractivity contribution < 1.29 is 8.83 Å². The van der Waals surface area contributed by atoms with E-state index in [9.17, 15) is 0 Å².